The van der Waals surface area contributed by atoms with Gasteiger partial charge < -0.3 is 15.3 Å². The van der Waals surface area contributed by atoms with E-state index in [-0.39, 0.29) is 11.4 Å². The van der Waals surface area contributed by atoms with Gasteiger partial charge in [0.2, 0.25) is 5.91 Å². The number of hydrogen-bond donors (Lipinski definition) is 2. The van der Waals surface area contributed by atoms with Crippen LogP contribution in [-0.4, -0.2) is 15.5 Å². The maximum Gasteiger partial charge on any atom is 0.217 e. The van der Waals surface area contributed by atoms with Crippen LogP contribution in [0.25, 0.3) is 11.0 Å². The lowest BCUT2D eigenvalue weighted by molar-refractivity contribution is -0.118. The third-order valence-corrected chi connectivity index (χ3v) is 3.18. The third kappa shape index (κ3) is 2.98. The maximum absolute atomic E-state index is 13.5. The Bertz CT molecular complexity index is 677. The van der Waals surface area contributed by atoms with E-state index in [2.05, 4.69) is 4.98 Å². The van der Waals surface area contributed by atoms with Gasteiger partial charge in [-0.25, -0.2) is 8.78 Å². The molecule has 3 N–H and O–H groups in total. The van der Waals surface area contributed by atoms with Crippen LogP contribution in [0.15, 0.2) is 12.1 Å². The molecule has 0 bridgehead atoms. The molecule has 19 heavy (non-hydrogen) atoms. The molecular formula is C12H13F2N3OS. The van der Waals surface area contributed by atoms with Crippen molar-refractivity contribution in [3.63, 3.8) is 0 Å². The Morgan fingerprint density at radius 3 is 2.79 bits per heavy atom. The summed E-state index contributed by atoms with van der Waals surface area (Å²) in [5, 5.41) is 0. The number of carbonyl (C=O) groups excluding carboxylic acids is 1. The summed E-state index contributed by atoms with van der Waals surface area (Å²) in [5.41, 5.74) is 5.63. The van der Waals surface area contributed by atoms with E-state index in [0.29, 0.717) is 36.1 Å². The Balaban J connectivity index is 2.25. The number of nitrogens with two attached hydrogens (primary N) is 1. The number of carbonyl (C=O) groups is 1. The number of benzene rings is 1. The minimum Gasteiger partial charge on any atom is -0.370 e. The average molecular weight is 285 g/mol. The van der Waals surface area contributed by atoms with Crippen molar-refractivity contribution in [3.05, 3.63) is 28.5 Å². The fraction of sp³-hybridized carbons (Fsp3) is 0.333. The van der Waals surface area contributed by atoms with E-state index in [0.717, 1.165) is 6.07 Å². The van der Waals surface area contributed by atoms with Crippen LogP contribution in [0.5, 0.6) is 0 Å². The van der Waals surface area contributed by atoms with E-state index in [4.69, 9.17) is 18.0 Å². The molecule has 2 aromatic rings. The highest BCUT2D eigenvalue weighted by Crippen LogP contribution is 2.20. The van der Waals surface area contributed by atoms with Crippen molar-refractivity contribution in [2.45, 2.75) is 25.8 Å². The molecule has 1 amide bonds. The van der Waals surface area contributed by atoms with E-state index >= 15 is 0 Å². The van der Waals surface area contributed by atoms with Crippen molar-refractivity contribution in [2.24, 2.45) is 5.73 Å². The van der Waals surface area contributed by atoms with Crippen LogP contribution in [-0.2, 0) is 11.3 Å². The van der Waals surface area contributed by atoms with Crippen LogP contribution in [0.3, 0.4) is 0 Å². The monoisotopic (exact) mass is 285 g/mol. The van der Waals surface area contributed by atoms with Gasteiger partial charge in [-0.1, -0.05) is 0 Å². The number of aryl methyl sites for hydroxylation is 1. The van der Waals surface area contributed by atoms with E-state index < -0.39 is 11.6 Å². The Hall–Kier alpha value is -1.76. The number of imidazole rings is 1. The Morgan fingerprint density at radius 2 is 2.11 bits per heavy atom. The lowest BCUT2D eigenvalue weighted by atomic mass is 10.2. The minimum absolute atomic E-state index is 0.196. The van der Waals surface area contributed by atoms with Crippen LogP contribution in [0.1, 0.15) is 19.3 Å². The molecule has 7 heteroatoms. The van der Waals surface area contributed by atoms with Crippen molar-refractivity contribution in [2.75, 3.05) is 0 Å². The van der Waals surface area contributed by atoms with Gasteiger partial charge >= 0.3 is 0 Å². The average Bonchev–Trinajstić information content (AvgIpc) is 2.62. The number of H-pyrrole nitrogens is 1. The van der Waals surface area contributed by atoms with E-state index in [1.54, 1.807) is 4.57 Å². The normalized spacial score (nSPS) is 11.1. The van der Waals surface area contributed by atoms with Crippen molar-refractivity contribution in [1.82, 2.24) is 9.55 Å². The van der Waals surface area contributed by atoms with Gasteiger partial charge in [0.1, 0.15) is 11.3 Å². The third-order valence-electron chi connectivity index (χ3n) is 2.86. The van der Waals surface area contributed by atoms with Crippen molar-refractivity contribution in [1.29, 1.82) is 0 Å². The molecule has 0 saturated carbocycles. The SMILES string of the molecule is NC(=O)CCCCn1c(=S)[nH]c2c(F)cc(F)cc21. The van der Waals surface area contributed by atoms with Gasteiger partial charge in [0.25, 0.3) is 0 Å². The number of primary amides is 1. The second-order valence-corrected chi connectivity index (χ2v) is 4.67. The summed E-state index contributed by atoms with van der Waals surface area (Å²) in [6, 6.07) is 2.05. The van der Waals surface area contributed by atoms with Crippen molar-refractivity contribution >= 4 is 29.2 Å². The van der Waals surface area contributed by atoms with Crippen LogP contribution in [0.2, 0.25) is 0 Å². The van der Waals surface area contributed by atoms with Gasteiger partial charge in [-0.05, 0) is 31.1 Å². The van der Waals surface area contributed by atoms with E-state index in [1.165, 1.54) is 6.07 Å². The molecule has 0 spiro atoms. The highest BCUT2D eigenvalue weighted by molar-refractivity contribution is 7.71. The number of amides is 1. The molecule has 0 atom stereocenters. The first-order valence-electron chi connectivity index (χ1n) is 5.85. The molecule has 2 rings (SSSR count). The minimum atomic E-state index is -0.669. The summed E-state index contributed by atoms with van der Waals surface area (Å²) in [6.07, 6.45) is 1.56. The lowest BCUT2D eigenvalue weighted by Crippen LogP contribution is -2.10. The van der Waals surface area contributed by atoms with Crippen LogP contribution < -0.4 is 5.73 Å². The molecular weight excluding hydrogens is 272 g/mol. The predicted octanol–water partition coefficient (Wildman–Crippen LogP) is 2.63. The second kappa shape index (κ2) is 5.48. The highest BCUT2D eigenvalue weighted by atomic mass is 32.1. The molecule has 0 aliphatic rings. The number of unbranched alkanes of at least 4 members (excludes halogenated alkanes) is 1. The largest absolute Gasteiger partial charge is 0.370 e. The van der Waals surface area contributed by atoms with Gasteiger partial charge in [0.15, 0.2) is 10.6 Å². The fourth-order valence-electron chi connectivity index (χ4n) is 1.97. The number of nitrogens with one attached hydrogen (secondary N) is 1. The van der Waals surface area contributed by atoms with Gasteiger partial charge in [0, 0.05) is 19.0 Å². The highest BCUT2D eigenvalue weighted by Gasteiger charge is 2.10. The molecule has 1 heterocycles. The molecule has 0 saturated heterocycles. The zero-order valence-electron chi connectivity index (χ0n) is 10.1. The summed E-state index contributed by atoms with van der Waals surface area (Å²) >= 11 is 5.08. The van der Waals surface area contributed by atoms with Crippen LogP contribution in [0.4, 0.5) is 8.78 Å². The van der Waals surface area contributed by atoms with Gasteiger partial charge in [-0.2, -0.15) is 0 Å². The summed E-state index contributed by atoms with van der Waals surface area (Å²) < 4.78 is 28.7. The number of aromatic amines is 1. The van der Waals surface area contributed by atoms with E-state index in [9.17, 15) is 13.6 Å². The van der Waals surface area contributed by atoms with Crippen molar-refractivity contribution < 1.29 is 13.6 Å². The summed E-state index contributed by atoms with van der Waals surface area (Å²) in [4.78, 5) is 13.3. The number of hydrogen-bond acceptors (Lipinski definition) is 2. The lowest BCUT2D eigenvalue weighted by Gasteiger charge is -2.04. The maximum atomic E-state index is 13.5. The molecule has 1 aromatic heterocycles. The van der Waals surface area contributed by atoms with Crippen molar-refractivity contribution in [3.8, 4) is 0 Å². The summed E-state index contributed by atoms with van der Waals surface area (Å²) in [6.45, 7) is 0.481. The smallest absolute Gasteiger partial charge is 0.217 e. The molecule has 0 unspecified atom stereocenters. The molecule has 0 aliphatic carbocycles. The standard InChI is InChI=1S/C12H13F2N3OS/c13-7-5-8(14)11-9(6-7)17(12(19)16-11)4-2-1-3-10(15)18/h5-6H,1-4H2,(H2,15,18)(H,16,19). The zero-order valence-corrected chi connectivity index (χ0v) is 10.9. The number of rotatable bonds is 5. The molecule has 1 aromatic carbocycles. The molecule has 0 radical (unpaired) electrons. The first-order chi connectivity index (χ1) is 8.99. The number of aromatic nitrogens is 2. The quantitative estimate of drug-likeness (QED) is 0.655. The second-order valence-electron chi connectivity index (χ2n) is 4.29. The predicted molar refractivity (Wildman–Crippen MR) is 70.1 cm³/mol. The zero-order chi connectivity index (χ0) is 14.0. The topological polar surface area (TPSA) is 63.8 Å². The molecule has 0 aliphatic heterocycles. The van der Waals surface area contributed by atoms with Crippen LogP contribution >= 0.6 is 12.2 Å². The molecule has 4 nitrogen and oxygen atoms in total. The number of nitrogens with zero attached hydrogens (tertiary/aromatic N) is 1. The fourth-order valence-corrected chi connectivity index (χ4v) is 2.26. The molecule has 0 fully saturated rings. The summed E-state index contributed by atoms with van der Waals surface area (Å²) in [5.74, 6) is -1.68. The first kappa shape index (κ1) is 13.7. The Morgan fingerprint density at radius 1 is 1.37 bits per heavy atom. The van der Waals surface area contributed by atoms with Gasteiger partial charge in [0.05, 0.1) is 5.52 Å². The Kier molecular flexibility index (Phi) is 3.94. The summed E-state index contributed by atoms with van der Waals surface area (Å²) in [7, 11) is 0. The van der Waals surface area contributed by atoms with E-state index in [1.807, 2.05) is 0 Å². The van der Waals surface area contributed by atoms with Crippen LogP contribution in [0, 0.1) is 16.4 Å². The number of fused-ring (bicyclic) bond motifs is 1. The van der Waals surface area contributed by atoms with Gasteiger partial charge in [-0.15, -0.1) is 0 Å². The first-order valence-corrected chi connectivity index (χ1v) is 6.25. The van der Waals surface area contributed by atoms with Gasteiger partial charge in [-0.3, -0.25) is 4.79 Å². The number of halogens is 2. The molecule has 102 valence electrons. The Labute approximate surface area is 113 Å².